The van der Waals surface area contributed by atoms with Gasteiger partial charge in [0, 0.05) is 32.9 Å². The van der Waals surface area contributed by atoms with Gasteiger partial charge in [-0.2, -0.15) is 21.9 Å². The molecule has 0 saturated heterocycles. The molecular weight excluding hydrogens is 627 g/mol. The second kappa shape index (κ2) is 12.2. The minimum Gasteiger partial charge on any atom is -0.355 e. The molecule has 0 aliphatic rings. The van der Waals surface area contributed by atoms with Gasteiger partial charge in [-0.25, -0.2) is 0 Å². The first-order valence-electron chi connectivity index (χ1n) is 13.8. The second-order valence-electron chi connectivity index (χ2n) is 10.3. The van der Waals surface area contributed by atoms with Crippen LogP contribution in [0.3, 0.4) is 0 Å². The number of anilines is 2. The van der Waals surface area contributed by atoms with Crippen molar-refractivity contribution in [1.82, 2.24) is 0 Å². The van der Waals surface area contributed by atoms with Crippen molar-refractivity contribution in [3.8, 4) is 0 Å². The van der Waals surface area contributed by atoms with E-state index in [0.29, 0.717) is 38.9 Å². The van der Waals surface area contributed by atoms with Gasteiger partial charge in [0.25, 0.3) is 20.2 Å². The van der Waals surface area contributed by atoms with Gasteiger partial charge in [0.1, 0.15) is 4.90 Å². The predicted octanol–water partition coefficient (Wildman–Crippen LogP) is 9.37. The Hall–Kier alpha value is -5.34. The molecule has 11 nitrogen and oxygen atoms in total. The number of hydrogen-bond donors (Lipinski definition) is 3. The molecular formula is C33H25N5O6S2. The molecule has 0 aliphatic carbocycles. The zero-order valence-electron chi connectivity index (χ0n) is 24.1. The van der Waals surface area contributed by atoms with E-state index in [-0.39, 0.29) is 20.9 Å². The molecule has 0 amide bonds. The maximum Gasteiger partial charge on any atom is 0.295 e. The molecule has 46 heavy (non-hydrogen) atoms. The third kappa shape index (κ3) is 6.53. The smallest absolute Gasteiger partial charge is 0.295 e. The fourth-order valence-electron chi connectivity index (χ4n) is 4.92. The van der Waals surface area contributed by atoms with Gasteiger partial charge in [0.05, 0.1) is 27.6 Å². The van der Waals surface area contributed by atoms with Crippen LogP contribution in [0.1, 0.15) is 5.56 Å². The monoisotopic (exact) mass is 651 g/mol. The van der Waals surface area contributed by atoms with Gasteiger partial charge >= 0.3 is 0 Å². The van der Waals surface area contributed by atoms with Crippen molar-refractivity contribution in [2.45, 2.75) is 16.7 Å². The molecule has 3 N–H and O–H groups in total. The van der Waals surface area contributed by atoms with E-state index in [2.05, 4.69) is 25.8 Å². The van der Waals surface area contributed by atoms with Gasteiger partial charge in [0.15, 0.2) is 0 Å². The van der Waals surface area contributed by atoms with E-state index in [1.54, 1.807) is 36.4 Å². The number of azo groups is 2. The maximum absolute atomic E-state index is 12.4. The van der Waals surface area contributed by atoms with E-state index < -0.39 is 20.2 Å². The maximum atomic E-state index is 12.4. The highest BCUT2D eigenvalue weighted by Crippen LogP contribution is 2.40. The van der Waals surface area contributed by atoms with Crippen LogP contribution in [0.25, 0.3) is 21.5 Å². The molecule has 0 fully saturated rings. The summed E-state index contributed by atoms with van der Waals surface area (Å²) in [6, 6.07) is 31.7. The molecule has 0 aliphatic heterocycles. The van der Waals surface area contributed by atoms with Crippen LogP contribution in [0, 0.1) is 6.92 Å². The van der Waals surface area contributed by atoms with Crippen molar-refractivity contribution >= 4 is 75.9 Å². The zero-order valence-corrected chi connectivity index (χ0v) is 25.7. The Morgan fingerprint density at radius 3 is 1.76 bits per heavy atom. The topological polar surface area (TPSA) is 170 Å². The van der Waals surface area contributed by atoms with Crippen LogP contribution in [-0.4, -0.2) is 25.9 Å². The summed E-state index contributed by atoms with van der Waals surface area (Å²) in [5.74, 6) is 0. The fraction of sp³-hybridized carbons (Fsp3) is 0.0303. The first-order valence-corrected chi connectivity index (χ1v) is 16.7. The molecule has 6 rings (SSSR count). The average Bonchev–Trinajstić information content (AvgIpc) is 3.03. The first kappa shape index (κ1) is 30.7. The molecule has 0 aromatic heterocycles. The molecule has 13 heteroatoms. The molecule has 230 valence electrons. The third-order valence-corrected chi connectivity index (χ3v) is 8.87. The number of fused-ring (bicyclic) bond motifs is 2. The van der Waals surface area contributed by atoms with Crippen LogP contribution >= 0.6 is 0 Å². The molecule has 0 saturated carbocycles. The van der Waals surface area contributed by atoms with E-state index in [0.717, 1.165) is 11.3 Å². The molecule has 0 heterocycles. The molecule has 6 aromatic carbocycles. The van der Waals surface area contributed by atoms with Gasteiger partial charge < -0.3 is 5.32 Å². The lowest BCUT2D eigenvalue weighted by Gasteiger charge is -2.14. The summed E-state index contributed by atoms with van der Waals surface area (Å²) in [5.41, 5.74) is 3.87. The van der Waals surface area contributed by atoms with E-state index in [9.17, 15) is 25.9 Å². The summed E-state index contributed by atoms with van der Waals surface area (Å²) in [7, 11) is -8.97. The minimum atomic E-state index is -4.58. The number of rotatable bonds is 8. The molecule has 0 radical (unpaired) electrons. The SMILES string of the molecule is Cc1ccc(Nc2ccc(N=Nc3ccc(N=Nc4cccc(S(=O)(=O)O)c4)c4ccccc34)c3cccc(S(=O)(=O)O)c23)cc1. The van der Waals surface area contributed by atoms with Gasteiger partial charge in [-0.05, 0) is 67.6 Å². The normalized spacial score (nSPS) is 12.4. The Morgan fingerprint density at radius 1 is 0.565 bits per heavy atom. The number of aryl methyl sites for hydroxylation is 1. The van der Waals surface area contributed by atoms with Gasteiger partial charge in [0.2, 0.25) is 0 Å². The largest absolute Gasteiger partial charge is 0.355 e. The molecule has 0 spiro atoms. The summed E-state index contributed by atoms with van der Waals surface area (Å²) >= 11 is 0. The van der Waals surface area contributed by atoms with Crippen molar-refractivity contribution in [2.24, 2.45) is 20.5 Å². The van der Waals surface area contributed by atoms with Crippen LogP contribution in [0.4, 0.5) is 34.1 Å². The summed E-state index contributed by atoms with van der Waals surface area (Å²) < 4.78 is 67.2. The predicted molar refractivity (Wildman–Crippen MR) is 177 cm³/mol. The molecule has 0 unspecified atom stereocenters. The van der Waals surface area contributed by atoms with Crippen LogP contribution in [0.5, 0.6) is 0 Å². The molecule has 6 aromatic rings. The number of nitrogens with zero attached hydrogens (tertiary/aromatic N) is 4. The van der Waals surface area contributed by atoms with Crippen molar-refractivity contribution in [2.75, 3.05) is 5.32 Å². The highest BCUT2D eigenvalue weighted by molar-refractivity contribution is 7.86. The average molecular weight is 652 g/mol. The number of benzene rings is 6. The summed E-state index contributed by atoms with van der Waals surface area (Å²) in [6.07, 6.45) is 0. The van der Waals surface area contributed by atoms with Crippen molar-refractivity contribution < 1.29 is 25.9 Å². The van der Waals surface area contributed by atoms with Gasteiger partial charge in [-0.1, -0.05) is 60.2 Å². The van der Waals surface area contributed by atoms with Crippen LogP contribution in [-0.2, 0) is 20.2 Å². The van der Waals surface area contributed by atoms with Gasteiger partial charge in [-0.15, -0.1) is 15.3 Å². The highest BCUT2D eigenvalue weighted by Gasteiger charge is 2.19. The quantitative estimate of drug-likeness (QED) is 0.109. The Kier molecular flexibility index (Phi) is 8.15. The molecule has 0 bridgehead atoms. The van der Waals surface area contributed by atoms with Crippen LogP contribution in [0.15, 0.2) is 146 Å². The van der Waals surface area contributed by atoms with Crippen LogP contribution in [0.2, 0.25) is 0 Å². The van der Waals surface area contributed by atoms with Crippen LogP contribution < -0.4 is 5.32 Å². The highest BCUT2D eigenvalue weighted by atomic mass is 32.2. The van der Waals surface area contributed by atoms with E-state index in [4.69, 9.17) is 0 Å². The third-order valence-electron chi connectivity index (χ3n) is 7.12. The lowest BCUT2D eigenvalue weighted by Crippen LogP contribution is -2.01. The standard InChI is InChI=1S/C33H25N5O6S2/c1-21-12-14-22(15-13-21)34-31-19-18-30(27-10-5-11-32(33(27)31)46(42,43)44)38-37-29-17-16-28(25-8-2-3-9-26(25)29)36-35-23-6-4-7-24(20-23)45(39,40)41/h2-20,34H,1H3,(H,39,40,41)(H,42,43,44). The summed E-state index contributed by atoms with van der Waals surface area (Å²) in [6.45, 7) is 1.96. The summed E-state index contributed by atoms with van der Waals surface area (Å²) in [4.78, 5) is -0.557. The van der Waals surface area contributed by atoms with E-state index >= 15 is 0 Å². The van der Waals surface area contributed by atoms with E-state index in [1.165, 1.54) is 30.3 Å². The molecule has 0 atom stereocenters. The van der Waals surface area contributed by atoms with Crippen molar-refractivity contribution in [3.63, 3.8) is 0 Å². The van der Waals surface area contributed by atoms with Crippen molar-refractivity contribution in [3.05, 3.63) is 121 Å². The minimum absolute atomic E-state index is 0.236. The summed E-state index contributed by atoms with van der Waals surface area (Å²) in [5, 5.41) is 22.8. The Balaban J connectivity index is 1.40. The lowest BCUT2D eigenvalue weighted by molar-refractivity contribution is 0.481. The van der Waals surface area contributed by atoms with Gasteiger partial charge in [-0.3, -0.25) is 9.11 Å². The second-order valence-corrected chi connectivity index (χ2v) is 13.1. The lowest BCUT2D eigenvalue weighted by atomic mass is 10.1. The zero-order chi connectivity index (χ0) is 32.5. The Morgan fingerprint density at radius 2 is 1.13 bits per heavy atom. The van der Waals surface area contributed by atoms with E-state index in [1.807, 2.05) is 55.5 Å². The Labute approximate surface area is 264 Å². The Bertz CT molecular complexity index is 2410. The first-order chi connectivity index (χ1) is 22.0. The number of nitrogens with one attached hydrogen (secondary N) is 1. The fourth-order valence-corrected chi connectivity index (χ4v) is 6.17. The van der Waals surface area contributed by atoms with Crippen molar-refractivity contribution in [1.29, 1.82) is 0 Å². The number of hydrogen-bond acceptors (Lipinski definition) is 9.